The smallest absolute Gasteiger partial charge is 0.266 e. The third kappa shape index (κ3) is 5.04. The number of aryl methyl sites for hydroxylation is 1. The summed E-state index contributed by atoms with van der Waals surface area (Å²) >= 11 is 1.62. The molecule has 2 aromatic heterocycles. The lowest BCUT2D eigenvalue weighted by Crippen LogP contribution is -2.40. The van der Waals surface area contributed by atoms with Crippen molar-refractivity contribution in [1.29, 1.82) is 0 Å². The average molecular weight is 462 g/mol. The molecule has 0 bridgehead atoms. The van der Waals surface area contributed by atoms with Crippen molar-refractivity contribution < 1.29 is 17.9 Å². The van der Waals surface area contributed by atoms with Gasteiger partial charge in [0.15, 0.2) is 0 Å². The second-order valence-electron chi connectivity index (χ2n) is 7.03. The highest BCUT2D eigenvalue weighted by molar-refractivity contribution is 7.89. The van der Waals surface area contributed by atoms with Gasteiger partial charge in [-0.3, -0.25) is 4.79 Å². The molecule has 4 rings (SSSR count). The molecular weight excluding hydrogens is 438 g/mol. The van der Waals surface area contributed by atoms with Gasteiger partial charge in [0, 0.05) is 24.0 Å². The molecule has 1 fully saturated rings. The fourth-order valence-corrected chi connectivity index (χ4v) is 5.45. The normalized spacial score (nSPS) is 15.1. The topological polar surface area (TPSA) is 90.7 Å². The maximum atomic E-state index is 12.7. The number of ether oxygens (including phenoxy) is 2. The van der Waals surface area contributed by atoms with Crippen LogP contribution in [0.15, 0.2) is 58.2 Å². The third-order valence-corrected chi connectivity index (χ3v) is 7.80. The number of hydrogen-bond donors (Lipinski definition) is 0. The molecular formula is C21H23N3O5S2. The fourth-order valence-electron chi connectivity index (χ4n) is 3.21. The first-order valence-corrected chi connectivity index (χ1v) is 12.1. The Morgan fingerprint density at radius 3 is 2.48 bits per heavy atom. The highest BCUT2D eigenvalue weighted by Crippen LogP contribution is 2.25. The standard InChI is InChI=1S/C21H23N3O5S2/c1-16-2-8-20(30-16)19-7-9-21(25)24(22-19)12-15-29-17-3-5-18(6-4-17)31(26,27)23-10-13-28-14-11-23/h2-9H,10-15H2,1H3. The van der Waals surface area contributed by atoms with Gasteiger partial charge in [0.2, 0.25) is 10.0 Å². The van der Waals surface area contributed by atoms with Gasteiger partial charge in [-0.15, -0.1) is 11.3 Å². The molecule has 8 nitrogen and oxygen atoms in total. The van der Waals surface area contributed by atoms with Crippen LogP contribution in [0.3, 0.4) is 0 Å². The summed E-state index contributed by atoms with van der Waals surface area (Å²) in [6, 6.07) is 13.5. The maximum absolute atomic E-state index is 12.7. The number of nitrogens with zero attached hydrogens (tertiary/aromatic N) is 3. The molecule has 164 valence electrons. The molecule has 31 heavy (non-hydrogen) atoms. The molecule has 0 radical (unpaired) electrons. The molecule has 0 N–H and O–H groups in total. The lowest BCUT2D eigenvalue weighted by molar-refractivity contribution is 0.0730. The minimum atomic E-state index is -3.53. The first kappa shape index (κ1) is 21.7. The molecule has 1 aliphatic heterocycles. The second-order valence-corrected chi connectivity index (χ2v) is 10.3. The van der Waals surface area contributed by atoms with Crippen molar-refractivity contribution in [2.45, 2.75) is 18.4 Å². The van der Waals surface area contributed by atoms with Crippen LogP contribution in [0.25, 0.3) is 10.6 Å². The molecule has 0 spiro atoms. The predicted octanol–water partition coefficient (Wildman–Crippen LogP) is 2.38. The quantitative estimate of drug-likeness (QED) is 0.537. The van der Waals surface area contributed by atoms with Gasteiger partial charge in [0.25, 0.3) is 5.56 Å². The molecule has 1 aliphatic rings. The van der Waals surface area contributed by atoms with E-state index >= 15 is 0 Å². The first-order chi connectivity index (χ1) is 14.9. The SMILES string of the molecule is Cc1ccc(-c2ccc(=O)n(CCOc3ccc(S(=O)(=O)N4CCOCC4)cc3)n2)s1. The zero-order valence-electron chi connectivity index (χ0n) is 17.1. The van der Waals surface area contributed by atoms with Gasteiger partial charge in [-0.2, -0.15) is 9.40 Å². The van der Waals surface area contributed by atoms with Crippen molar-refractivity contribution in [3.8, 4) is 16.3 Å². The first-order valence-electron chi connectivity index (χ1n) is 9.89. The Bertz CT molecular complexity index is 1200. The summed E-state index contributed by atoms with van der Waals surface area (Å²) in [5.74, 6) is 0.527. The summed E-state index contributed by atoms with van der Waals surface area (Å²) in [4.78, 5) is 14.5. The Balaban J connectivity index is 1.38. The Morgan fingerprint density at radius 1 is 1.06 bits per heavy atom. The van der Waals surface area contributed by atoms with E-state index in [1.165, 1.54) is 32.1 Å². The van der Waals surface area contributed by atoms with Crippen molar-refractivity contribution in [3.05, 3.63) is 63.8 Å². The number of benzene rings is 1. The van der Waals surface area contributed by atoms with Gasteiger partial charge < -0.3 is 9.47 Å². The van der Waals surface area contributed by atoms with E-state index in [-0.39, 0.29) is 23.6 Å². The van der Waals surface area contributed by atoms with E-state index in [0.29, 0.717) is 32.1 Å². The van der Waals surface area contributed by atoms with Gasteiger partial charge in [-0.05, 0) is 49.4 Å². The van der Waals surface area contributed by atoms with Crippen LogP contribution in [0, 0.1) is 6.92 Å². The van der Waals surface area contributed by atoms with Gasteiger partial charge in [0.05, 0.1) is 29.5 Å². The van der Waals surface area contributed by atoms with E-state index < -0.39 is 10.0 Å². The zero-order chi connectivity index (χ0) is 21.8. The van der Waals surface area contributed by atoms with Gasteiger partial charge in [-0.25, -0.2) is 13.1 Å². The molecule has 0 unspecified atom stereocenters. The van der Waals surface area contributed by atoms with Crippen molar-refractivity contribution in [3.63, 3.8) is 0 Å². The van der Waals surface area contributed by atoms with E-state index in [1.807, 2.05) is 19.1 Å². The van der Waals surface area contributed by atoms with Crippen LogP contribution in [-0.2, 0) is 21.3 Å². The lowest BCUT2D eigenvalue weighted by Gasteiger charge is -2.26. The number of hydrogen-bond acceptors (Lipinski definition) is 7. The molecule has 3 heterocycles. The average Bonchev–Trinajstić information content (AvgIpc) is 3.22. The van der Waals surface area contributed by atoms with Crippen LogP contribution in [0.4, 0.5) is 0 Å². The van der Waals surface area contributed by atoms with Gasteiger partial charge in [0.1, 0.15) is 18.1 Å². The van der Waals surface area contributed by atoms with E-state index in [2.05, 4.69) is 5.10 Å². The number of sulfonamides is 1. The van der Waals surface area contributed by atoms with Crippen LogP contribution in [0.1, 0.15) is 4.88 Å². The summed E-state index contributed by atoms with van der Waals surface area (Å²) in [5.41, 5.74) is 0.544. The molecule has 0 saturated carbocycles. The largest absolute Gasteiger partial charge is 0.492 e. The minimum Gasteiger partial charge on any atom is -0.492 e. The van der Waals surface area contributed by atoms with Crippen molar-refractivity contribution in [2.75, 3.05) is 32.9 Å². The van der Waals surface area contributed by atoms with E-state index in [9.17, 15) is 13.2 Å². The van der Waals surface area contributed by atoms with E-state index in [4.69, 9.17) is 9.47 Å². The van der Waals surface area contributed by atoms with Crippen LogP contribution >= 0.6 is 11.3 Å². The Hall–Kier alpha value is -2.53. The van der Waals surface area contributed by atoms with Crippen molar-refractivity contribution >= 4 is 21.4 Å². The zero-order valence-corrected chi connectivity index (χ0v) is 18.7. The molecule has 0 atom stereocenters. The predicted molar refractivity (Wildman–Crippen MR) is 118 cm³/mol. The van der Waals surface area contributed by atoms with Crippen LogP contribution < -0.4 is 10.3 Å². The number of aromatic nitrogens is 2. The third-order valence-electron chi connectivity index (χ3n) is 4.86. The highest BCUT2D eigenvalue weighted by atomic mass is 32.2. The van der Waals surface area contributed by atoms with Crippen LogP contribution in [-0.4, -0.2) is 55.4 Å². The Labute approximate surface area is 184 Å². The summed E-state index contributed by atoms with van der Waals surface area (Å²) < 4.78 is 39.1. The van der Waals surface area contributed by atoms with Gasteiger partial charge >= 0.3 is 0 Å². The van der Waals surface area contributed by atoms with Crippen molar-refractivity contribution in [2.24, 2.45) is 0 Å². The van der Waals surface area contributed by atoms with Crippen LogP contribution in [0.2, 0.25) is 0 Å². The summed E-state index contributed by atoms with van der Waals surface area (Å²) in [6.45, 7) is 4.05. The number of morpholine rings is 1. The maximum Gasteiger partial charge on any atom is 0.266 e. The van der Waals surface area contributed by atoms with Crippen molar-refractivity contribution in [1.82, 2.24) is 14.1 Å². The molecule has 0 aliphatic carbocycles. The Kier molecular flexibility index (Phi) is 6.51. The van der Waals surface area contributed by atoms with Gasteiger partial charge in [-0.1, -0.05) is 0 Å². The second kappa shape index (κ2) is 9.31. The summed E-state index contributed by atoms with van der Waals surface area (Å²) in [6.07, 6.45) is 0. The van der Waals surface area contributed by atoms with Crippen LogP contribution in [0.5, 0.6) is 5.75 Å². The number of thiophene rings is 1. The lowest BCUT2D eigenvalue weighted by atomic mass is 10.3. The monoisotopic (exact) mass is 461 g/mol. The molecule has 10 heteroatoms. The molecule has 3 aromatic rings. The van der Waals surface area contributed by atoms with E-state index in [1.54, 1.807) is 29.5 Å². The molecule has 1 aromatic carbocycles. The van der Waals surface area contributed by atoms with E-state index in [0.717, 1.165) is 10.6 Å². The number of rotatable bonds is 7. The molecule has 0 amide bonds. The fraction of sp³-hybridized carbons (Fsp3) is 0.333. The minimum absolute atomic E-state index is 0.201. The Morgan fingerprint density at radius 2 is 1.81 bits per heavy atom. The molecule has 1 saturated heterocycles. The summed E-state index contributed by atoms with van der Waals surface area (Å²) in [5, 5.41) is 4.42. The highest BCUT2D eigenvalue weighted by Gasteiger charge is 2.26. The summed E-state index contributed by atoms with van der Waals surface area (Å²) in [7, 11) is -3.53.